The average molecular weight is 582 g/mol. The quantitative estimate of drug-likeness (QED) is 0.202. The topological polar surface area (TPSA) is 32.3 Å². The Hall–Kier alpha value is -5.94. The first-order chi connectivity index (χ1) is 22.9. The second-order valence-electron chi connectivity index (χ2n) is 12.9. The molecule has 210 valence electrons. The molecule has 12 rings (SSSR count). The highest BCUT2D eigenvalue weighted by Gasteiger charge is 2.62. The highest BCUT2D eigenvalue weighted by atomic mass is 15.3. The Morgan fingerprint density at radius 2 is 0.891 bits per heavy atom. The van der Waals surface area contributed by atoms with Crippen molar-refractivity contribution in [3.63, 3.8) is 0 Å². The van der Waals surface area contributed by atoms with Gasteiger partial charge in [0.05, 0.1) is 5.41 Å². The molecule has 1 spiro atoms. The third-order valence-corrected chi connectivity index (χ3v) is 11.1. The van der Waals surface area contributed by atoms with E-state index in [1.54, 1.807) is 6.33 Å². The number of nitrogens with zero attached hydrogens (tertiary/aromatic N) is 4. The molecule has 5 aliphatic rings. The predicted octanol–water partition coefficient (Wildman–Crippen LogP) is 7.22. The minimum absolute atomic E-state index is 0.0118. The molecule has 0 radical (unpaired) electrons. The van der Waals surface area contributed by atoms with Gasteiger partial charge in [-0.2, -0.15) is 0 Å². The average Bonchev–Trinajstić information content (AvgIpc) is 3.60. The Bertz CT molecular complexity index is 2340. The normalized spacial score (nSPS) is 15.4. The maximum Gasteiger partial charge on any atom is 0.257 e. The minimum Gasteiger partial charge on any atom is -0.296 e. The molecule has 0 fully saturated rings. The zero-order valence-electron chi connectivity index (χ0n) is 24.6. The fraction of sp³-hybridized carbons (Fsp3) is 0.0244. The third kappa shape index (κ3) is 2.39. The van der Waals surface area contributed by atoms with Gasteiger partial charge in [0.2, 0.25) is 0 Å². The van der Waals surface area contributed by atoms with Crippen LogP contribution in [0.2, 0.25) is 0 Å². The molecule has 0 saturated heterocycles. The summed E-state index contributed by atoms with van der Waals surface area (Å²) in [7, 11) is 0. The van der Waals surface area contributed by atoms with Crippen molar-refractivity contribution in [2.24, 2.45) is 0 Å². The van der Waals surface area contributed by atoms with Crippen molar-refractivity contribution in [1.29, 1.82) is 0 Å². The van der Waals surface area contributed by atoms with Crippen LogP contribution in [0.15, 0.2) is 140 Å². The summed E-state index contributed by atoms with van der Waals surface area (Å²) >= 11 is 0. The number of hydrogen-bond acceptors (Lipinski definition) is 4. The second kappa shape index (κ2) is 7.82. The maximum absolute atomic E-state index is 5.10. The molecule has 6 aromatic carbocycles. The monoisotopic (exact) mass is 582 g/mol. The molecule has 46 heavy (non-hydrogen) atoms. The van der Waals surface area contributed by atoms with E-state index in [0.717, 1.165) is 23.0 Å². The zero-order valence-corrected chi connectivity index (χ0v) is 24.6. The van der Waals surface area contributed by atoms with E-state index in [-0.39, 0.29) is 6.71 Å². The van der Waals surface area contributed by atoms with Gasteiger partial charge >= 0.3 is 0 Å². The number of aromatic nitrogens is 2. The van der Waals surface area contributed by atoms with Crippen molar-refractivity contribution in [1.82, 2.24) is 9.97 Å². The lowest BCUT2D eigenvalue weighted by Crippen LogP contribution is -2.67. The first-order valence-electron chi connectivity index (χ1n) is 16.0. The summed E-state index contributed by atoms with van der Waals surface area (Å²) in [5.41, 5.74) is 19.1. The van der Waals surface area contributed by atoms with Gasteiger partial charge in [0.15, 0.2) is 0 Å². The Labute approximate surface area is 266 Å². The van der Waals surface area contributed by atoms with Crippen molar-refractivity contribution in [2.45, 2.75) is 5.41 Å². The van der Waals surface area contributed by atoms with E-state index in [0.29, 0.717) is 0 Å². The summed E-state index contributed by atoms with van der Waals surface area (Å²) in [4.78, 5) is 15.0. The fourth-order valence-corrected chi connectivity index (χ4v) is 9.68. The van der Waals surface area contributed by atoms with Gasteiger partial charge in [-0.15, -0.1) is 0 Å². The first-order valence-corrected chi connectivity index (χ1v) is 16.0. The summed E-state index contributed by atoms with van der Waals surface area (Å²) in [5.74, 6) is 1.91. The molecule has 4 nitrogen and oxygen atoms in total. The van der Waals surface area contributed by atoms with Crippen molar-refractivity contribution in [3.8, 4) is 22.3 Å². The maximum atomic E-state index is 5.10. The number of para-hydroxylation sites is 2. The van der Waals surface area contributed by atoms with Crippen LogP contribution in [0.1, 0.15) is 22.3 Å². The van der Waals surface area contributed by atoms with Crippen LogP contribution < -0.4 is 26.2 Å². The Morgan fingerprint density at radius 1 is 0.435 bits per heavy atom. The van der Waals surface area contributed by atoms with Gasteiger partial charge in [-0.3, -0.25) is 9.80 Å². The summed E-state index contributed by atoms with van der Waals surface area (Å²) in [6.07, 6.45) is 1.75. The third-order valence-electron chi connectivity index (χ3n) is 11.1. The van der Waals surface area contributed by atoms with Gasteiger partial charge < -0.3 is 0 Å². The van der Waals surface area contributed by atoms with Gasteiger partial charge in [0.1, 0.15) is 18.0 Å². The number of fused-ring (bicyclic) bond motifs is 4. The van der Waals surface area contributed by atoms with Gasteiger partial charge in [-0.25, -0.2) is 9.97 Å². The van der Waals surface area contributed by atoms with Crippen LogP contribution in [0, 0.1) is 0 Å². The molecule has 0 atom stereocenters. The van der Waals surface area contributed by atoms with Crippen LogP contribution in [0.25, 0.3) is 22.3 Å². The van der Waals surface area contributed by atoms with Gasteiger partial charge in [-0.1, -0.05) is 97.1 Å². The molecular formula is C41H23BN4. The van der Waals surface area contributed by atoms with E-state index in [1.807, 2.05) is 0 Å². The SMILES string of the molecule is c1ccc(N2c3ccc4c5c3B3c6c2ncnc6N(c2ccccc2)c2ccc6c(c23)C5(c2ccccc2-4)c2ccccc2-6)cc1. The highest BCUT2D eigenvalue weighted by molar-refractivity contribution is 7.01. The molecule has 3 aliphatic heterocycles. The molecule has 2 aliphatic carbocycles. The van der Waals surface area contributed by atoms with Crippen LogP contribution in [0.5, 0.6) is 0 Å². The van der Waals surface area contributed by atoms with E-state index in [2.05, 4.69) is 143 Å². The van der Waals surface area contributed by atoms with E-state index in [4.69, 9.17) is 9.97 Å². The Kier molecular flexibility index (Phi) is 3.99. The number of hydrogen-bond donors (Lipinski definition) is 0. The second-order valence-corrected chi connectivity index (χ2v) is 12.9. The Morgan fingerprint density at radius 3 is 1.39 bits per heavy atom. The van der Waals surface area contributed by atoms with E-state index in [9.17, 15) is 0 Å². The van der Waals surface area contributed by atoms with Crippen molar-refractivity contribution < 1.29 is 0 Å². The first kappa shape index (κ1) is 23.4. The smallest absolute Gasteiger partial charge is 0.257 e. The fourth-order valence-electron chi connectivity index (χ4n) is 9.68. The van der Waals surface area contributed by atoms with E-state index in [1.165, 1.54) is 72.3 Å². The van der Waals surface area contributed by atoms with Crippen molar-refractivity contribution >= 4 is 57.5 Å². The minimum atomic E-state index is -0.402. The van der Waals surface area contributed by atoms with E-state index >= 15 is 0 Å². The Balaban J connectivity index is 1.34. The van der Waals surface area contributed by atoms with Crippen LogP contribution in [0.4, 0.5) is 34.4 Å². The molecule has 7 aromatic rings. The van der Waals surface area contributed by atoms with Crippen molar-refractivity contribution in [2.75, 3.05) is 9.80 Å². The molecule has 1 aromatic heterocycles. The van der Waals surface area contributed by atoms with Crippen LogP contribution in [-0.4, -0.2) is 16.7 Å². The summed E-state index contributed by atoms with van der Waals surface area (Å²) in [6.45, 7) is 0.0118. The summed E-state index contributed by atoms with van der Waals surface area (Å²) in [6, 6.07) is 49.1. The molecule has 0 N–H and O–H groups in total. The lowest BCUT2D eigenvalue weighted by Gasteiger charge is -2.49. The number of benzene rings is 6. The van der Waals surface area contributed by atoms with Crippen LogP contribution >= 0.6 is 0 Å². The predicted molar refractivity (Wildman–Crippen MR) is 186 cm³/mol. The summed E-state index contributed by atoms with van der Waals surface area (Å²) < 4.78 is 0. The number of rotatable bonds is 2. The molecule has 0 bridgehead atoms. The zero-order chi connectivity index (χ0) is 29.7. The lowest BCUT2D eigenvalue weighted by molar-refractivity contribution is 0.798. The molecule has 0 saturated carbocycles. The highest BCUT2D eigenvalue weighted by Crippen LogP contribution is 2.65. The van der Waals surface area contributed by atoms with E-state index < -0.39 is 5.41 Å². The van der Waals surface area contributed by atoms with Crippen LogP contribution in [0.3, 0.4) is 0 Å². The van der Waals surface area contributed by atoms with Crippen LogP contribution in [-0.2, 0) is 5.41 Å². The van der Waals surface area contributed by atoms with Gasteiger partial charge in [0.25, 0.3) is 6.71 Å². The van der Waals surface area contributed by atoms with Gasteiger partial charge in [0, 0.05) is 28.2 Å². The standard InChI is InChI=1S/C41H23BN4/c1-3-11-24(12-4-1)45-32-21-19-28-26-15-7-9-17-30(26)41-31-18-10-8-16-27(31)29-20-22-33-37(35(29)41)42(36(32)34(28)41)38-39(45)43-23-44-40(38)46(33)25-13-5-2-6-14-25/h1-23H. The summed E-state index contributed by atoms with van der Waals surface area (Å²) in [5, 5.41) is 0. The van der Waals surface area contributed by atoms with Crippen molar-refractivity contribution in [3.05, 3.63) is 162 Å². The molecular weight excluding hydrogens is 559 g/mol. The molecule has 5 heteroatoms. The molecule has 0 amide bonds. The van der Waals surface area contributed by atoms with Gasteiger partial charge in [-0.05, 0) is 91.8 Å². The number of anilines is 6. The lowest BCUT2D eigenvalue weighted by atomic mass is 9.29. The largest absolute Gasteiger partial charge is 0.296 e. The molecule has 0 unspecified atom stereocenters. The molecule has 4 heterocycles.